The number of carbonyl (C=O) groups is 1. The van der Waals surface area contributed by atoms with Crippen molar-refractivity contribution in [3.63, 3.8) is 0 Å². The molecule has 0 bridgehead atoms. The van der Waals surface area contributed by atoms with Crippen LogP contribution in [0.25, 0.3) is 11.0 Å². The van der Waals surface area contributed by atoms with E-state index in [1.165, 1.54) is 29.7 Å². The minimum absolute atomic E-state index is 0.125. The Balaban J connectivity index is 1.81. The molecular weight excluding hydrogens is 398 g/mol. The van der Waals surface area contributed by atoms with E-state index in [-0.39, 0.29) is 17.2 Å². The van der Waals surface area contributed by atoms with Gasteiger partial charge in [-0.05, 0) is 32.0 Å². The minimum Gasteiger partial charge on any atom is -0.328 e. The van der Waals surface area contributed by atoms with Crippen molar-refractivity contribution < 1.29 is 13.2 Å². The Morgan fingerprint density at radius 2 is 2.04 bits per heavy atom. The summed E-state index contributed by atoms with van der Waals surface area (Å²) in [7, 11) is -0.526. The van der Waals surface area contributed by atoms with Gasteiger partial charge >= 0.3 is 0 Å². The molecule has 1 aromatic carbocycles. The fourth-order valence-electron chi connectivity index (χ4n) is 2.89. The zero-order chi connectivity index (χ0) is 20.5. The number of thiazole rings is 1. The molecular formula is C18H23N5O3S2. The molecule has 2 aromatic heterocycles. The molecule has 0 saturated carbocycles. The molecule has 0 saturated heterocycles. The molecule has 0 aliphatic rings. The van der Waals surface area contributed by atoms with E-state index in [1.807, 2.05) is 23.8 Å². The molecule has 3 aromatic rings. The molecule has 0 aliphatic heterocycles. The van der Waals surface area contributed by atoms with Crippen LogP contribution in [0.2, 0.25) is 0 Å². The van der Waals surface area contributed by atoms with Crippen molar-refractivity contribution in [1.29, 1.82) is 0 Å². The van der Waals surface area contributed by atoms with Gasteiger partial charge in [0.05, 0.1) is 21.6 Å². The van der Waals surface area contributed by atoms with E-state index in [1.54, 1.807) is 18.2 Å². The predicted octanol–water partition coefficient (Wildman–Crippen LogP) is 2.64. The molecule has 1 N–H and O–H groups in total. The van der Waals surface area contributed by atoms with Crippen LogP contribution in [0.1, 0.15) is 24.9 Å². The zero-order valence-electron chi connectivity index (χ0n) is 16.3. The SMILES string of the molecule is CCn1c(CCC(=O)Nc2nc(C)cs2)nc2cc(S(=O)(=O)N(C)C)ccc21. The van der Waals surface area contributed by atoms with Gasteiger partial charge in [0, 0.05) is 38.9 Å². The number of amides is 1. The van der Waals surface area contributed by atoms with Gasteiger partial charge in [-0.25, -0.2) is 22.7 Å². The van der Waals surface area contributed by atoms with Crippen molar-refractivity contribution in [2.45, 2.75) is 38.1 Å². The highest BCUT2D eigenvalue weighted by Gasteiger charge is 2.19. The Labute approximate surface area is 168 Å². The summed E-state index contributed by atoms with van der Waals surface area (Å²) in [5, 5.41) is 5.26. The van der Waals surface area contributed by atoms with Crippen LogP contribution in [0.15, 0.2) is 28.5 Å². The number of anilines is 1. The largest absolute Gasteiger partial charge is 0.328 e. The molecule has 0 aliphatic carbocycles. The number of imidazole rings is 1. The molecule has 0 spiro atoms. The Morgan fingerprint density at radius 1 is 1.29 bits per heavy atom. The molecule has 3 rings (SSSR count). The second-order valence-electron chi connectivity index (χ2n) is 6.55. The van der Waals surface area contributed by atoms with Gasteiger partial charge in [0.1, 0.15) is 5.82 Å². The highest BCUT2D eigenvalue weighted by molar-refractivity contribution is 7.89. The molecule has 10 heteroatoms. The molecule has 1 amide bonds. The van der Waals surface area contributed by atoms with E-state index in [0.717, 1.165) is 17.0 Å². The van der Waals surface area contributed by atoms with E-state index in [9.17, 15) is 13.2 Å². The summed E-state index contributed by atoms with van der Waals surface area (Å²) in [5.41, 5.74) is 2.33. The van der Waals surface area contributed by atoms with E-state index in [2.05, 4.69) is 15.3 Å². The predicted molar refractivity (Wildman–Crippen MR) is 110 cm³/mol. The van der Waals surface area contributed by atoms with Gasteiger partial charge in [-0.15, -0.1) is 11.3 Å². The van der Waals surface area contributed by atoms with Crippen LogP contribution in [-0.2, 0) is 27.8 Å². The van der Waals surface area contributed by atoms with Gasteiger partial charge < -0.3 is 9.88 Å². The topological polar surface area (TPSA) is 97.2 Å². The number of aromatic nitrogens is 3. The number of nitrogens with zero attached hydrogens (tertiary/aromatic N) is 4. The standard InChI is InChI=1S/C18H23N5O3S2/c1-5-23-15-7-6-13(28(25,26)22(3)4)10-14(15)20-16(23)8-9-17(24)21-18-19-12(2)11-27-18/h6-7,10-11H,5,8-9H2,1-4H3,(H,19,21,24). The molecule has 0 unspecified atom stereocenters. The number of aryl methyl sites for hydroxylation is 3. The third-order valence-corrected chi connectivity index (χ3v) is 7.02. The average Bonchev–Trinajstić information content (AvgIpc) is 3.21. The lowest BCUT2D eigenvalue weighted by atomic mass is 10.3. The van der Waals surface area contributed by atoms with E-state index in [4.69, 9.17) is 0 Å². The summed E-state index contributed by atoms with van der Waals surface area (Å²) in [4.78, 5) is 21.2. The minimum atomic E-state index is -3.52. The second kappa shape index (κ2) is 7.98. The summed E-state index contributed by atoms with van der Waals surface area (Å²) in [6.45, 7) is 4.55. The first-order valence-corrected chi connectivity index (χ1v) is 11.2. The number of sulfonamides is 1. The second-order valence-corrected chi connectivity index (χ2v) is 9.56. The fraction of sp³-hybridized carbons (Fsp3) is 0.389. The van der Waals surface area contributed by atoms with Crippen LogP contribution in [-0.4, -0.2) is 47.3 Å². The third-order valence-electron chi connectivity index (χ3n) is 4.33. The van der Waals surface area contributed by atoms with Crippen LogP contribution in [0.4, 0.5) is 5.13 Å². The van der Waals surface area contributed by atoms with E-state index >= 15 is 0 Å². The zero-order valence-corrected chi connectivity index (χ0v) is 17.9. The summed E-state index contributed by atoms with van der Waals surface area (Å²) >= 11 is 1.39. The van der Waals surface area contributed by atoms with Crippen molar-refractivity contribution >= 4 is 43.4 Å². The van der Waals surface area contributed by atoms with E-state index in [0.29, 0.717) is 23.6 Å². The average molecular weight is 422 g/mol. The van der Waals surface area contributed by atoms with Gasteiger partial charge in [0.15, 0.2) is 5.13 Å². The Hall–Kier alpha value is -2.30. The quantitative estimate of drug-likeness (QED) is 0.632. The van der Waals surface area contributed by atoms with Gasteiger partial charge in [-0.1, -0.05) is 0 Å². The number of fused-ring (bicyclic) bond motifs is 1. The van der Waals surface area contributed by atoms with Gasteiger partial charge in [-0.3, -0.25) is 4.79 Å². The lowest BCUT2D eigenvalue weighted by Gasteiger charge is -2.11. The summed E-state index contributed by atoms with van der Waals surface area (Å²) < 4.78 is 27.9. The maximum atomic E-state index is 12.4. The van der Waals surface area contributed by atoms with E-state index < -0.39 is 10.0 Å². The molecule has 0 atom stereocenters. The van der Waals surface area contributed by atoms with Gasteiger partial charge in [0.25, 0.3) is 0 Å². The van der Waals surface area contributed by atoms with Crippen molar-refractivity contribution in [2.24, 2.45) is 0 Å². The lowest BCUT2D eigenvalue weighted by Crippen LogP contribution is -2.22. The van der Waals surface area contributed by atoms with Gasteiger partial charge in [0.2, 0.25) is 15.9 Å². The molecule has 0 radical (unpaired) electrons. The maximum Gasteiger partial charge on any atom is 0.242 e. The molecule has 150 valence electrons. The summed E-state index contributed by atoms with van der Waals surface area (Å²) in [6.07, 6.45) is 0.722. The summed E-state index contributed by atoms with van der Waals surface area (Å²) in [6, 6.07) is 4.94. The van der Waals surface area contributed by atoms with Crippen LogP contribution < -0.4 is 5.32 Å². The molecule has 28 heavy (non-hydrogen) atoms. The fourth-order valence-corrected chi connectivity index (χ4v) is 4.52. The first-order chi connectivity index (χ1) is 13.2. The van der Waals surface area contributed by atoms with Crippen LogP contribution >= 0.6 is 11.3 Å². The smallest absolute Gasteiger partial charge is 0.242 e. The molecule has 0 fully saturated rings. The molecule has 8 nitrogen and oxygen atoms in total. The van der Waals surface area contributed by atoms with Crippen molar-refractivity contribution in [2.75, 3.05) is 19.4 Å². The number of hydrogen-bond donors (Lipinski definition) is 1. The highest BCUT2D eigenvalue weighted by atomic mass is 32.2. The van der Waals surface area contributed by atoms with Crippen LogP contribution in [0.5, 0.6) is 0 Å². The Kier molecular flexibility index (Phi) is 5.82. The maximum absolute atomic E-state index is 12.4. The number of carbonyl (C=O) groups excluding carboxylic acids is 1. The highest BCUT2D eigenvalue weighted by Crippen LogP contribution is 2.23. The number of benzene rings is 1. The van der Waals surface area contributed by atoms with Crippen LogP contribution in [0, 0.1) is 6.92 Å². The van der Waals surface area contributed by atoms with Crippen molar-refractivity contribution in [3.05, 3.63) is 35.1 Å². The Bertz CT molecular complexity index is 1120. The third kappa shape index (κ3) is 4.08. The molecule has 2 heterocycles. The van der Waals surface area contributed by atoms with Crippen molar-refractivity contribution in [3.8, 4) is 0 Å². The van der Waals surface area contributed by atoms with Gasteiger partial charge in [-0.2, -0.15) is 0 Å². The lowest BCUT2D eigenvalue weighted by molar-refractivity contribution is -0.116. The number of hydrogen-bond acceptors (Lipinski definition) is 6. The normalized spacial score (nSPS) is 12.0. The first kappa shape index (κ1) is 20.4. The first-order valence-electron chi connectivity index (χ1n) is 8.86. The Morgan fingerprint density at radius 3 is 2.64 bits per heavy atom. The number of rotatable bonds is 7. The number of nitrogens with one attached hydrogen (secondary N) is 1. The van der Waals surface area contributed by atoms with Crippen LogP contribution in [0.3, 0.4) is 0 Å². The van der Waals surface area contributed by atoms with Crippen molar-refractivity contribution in [1.82, 2.24) is 18.8 Å². The summed E-state index contributed by atoms with van der Waals surface area (Å²) in [5.74, 6) is 0.627. The monoisotopic (exact) mass is 421 g/mol.